The summed E-state index contributed by atoms with van der Waals surface area (Å²) in [4.78, 5) is 4.69. The summed E-state index contributed by atoms with van der Waals surface area (Å²) in [5.41, 5.74) is 1.10. The van der Waals surface area contributed by atoms with Crippen molar-refractivity contribution in [1.82, 2.24) is 25.4 Å². The summed E-state index contributed by atoms with van der Waals surface area (Å²) in [6.07, 6.45) is 3.55. The SMILES string of the molecule is CCc1nncn1CCNC(=NCc1cccc(OC)c1)NCCCOC. The van der Waals surface area contributed by atoms with Crippen LogP contribution in [0.3, 0.4) is 0 Å². The van der Waals surface area contributed by atoms with Crippen molar-refractivity contribution in [3.8, 4) is 5.75 Å². The highest BCUT2D eigenvalue weighted by Gasteiger charge is 2.03. The van der Waals surface area contributed by atoms with Crippen molar-refractivity contribution < 1.29 is 9.47 Å². The van der Waals surface area contributed by atoms with Crippen molar-refractivity contribution in [3.63, 3.8) is 0 Å². The van der Waals surface area contributed by atoms with E-state index in [9.17, 15) is 0 Å². The van der Waals surface area contributed by atoms with E-state index < -0.39 is 0 Å². The predicted molar refractivity (Wildman–Crippen MR) is 106 cm³/mol. The molecule has 1 heterocycles. The lowest BCUT2D eigenvalue weighted by Gasteiger charge is -2.13. The maximum absolute atomic E-state index is 5.27. The van der Waals surface area contributed by atoms with Crippen molar-refractivity contribution in [2.24, 2.45) is 4.99 Å². The number of nitrogens with zero attached hydrogens (tertiary/aromatic N) is 4. The van der Waals surface area contributed by atoms with E-state index in [0.717, 1.165) is 62.2 Å². The van der Waals surface area contributed by atoms with Crippen LogP contribution in [0.15, 0.2) is 35.6 Å². The van der Waals surface area contributed by atoms with Gasteiger partial charge in [-0.3, -0.25) is 0 Å². The topological polar surface area (TPSA) is 85.6 Å². The largest absolute Gasteiger partial charge is 0.497 e. The molecule has 0 atom stereocenters. The summed E-state index contributed by atoms with van der Waals surface area (Å²) in [5, 5.41) is 14.8. The zero-order valence-electron chi connectivity index (χ0n) is 16.4. The molecule has 1 aromatic heterocycles. The number of guanidine groups is 1. The summed E-state index contributed by atoms with van der Waals surface area (Å²) >= 11 is 0. The van der Waals surface area contributed by atoms with E-state index in [2.05, 4.69) is 37.3 Å². The third kappa shape index (κ3) is 7.26. The minimum atomic E-state index is 0.573. The van der Waals surface area contributed by atoms with Gasteiger partial charge in [0.25, 0.3) is 0 Å². The average Bonchev–Trinajstić information content (AvgIpc) is 3.16. The molecule has 0 unspecified atom stereocenters. The molecular weight excluding hydrogens is 344 g/mol. The fraction of sp³-hybridized carbons (Fsp3) is 0.526. The predicted octanol–water partition coefficient (Wildman–Crippen LogP) is 1.62. The normalized spacial score (nSPS) is 11.4. The molecule has 8 nitrogen and oxygen atoms in total. The van der Waals surface area contributed by atoms with E-state index in [1.165, 1.54) is 0 Å². The number of ether oxygens (including phenoxy) is 2. The zero-order valence-corrected chi connectivity index (χ0v) is 16.4. The molecule has 0 saturated carbocycles. The second-order valence-electron chi connectivity index (χ2n) is 6.01. The highest BCUT2D eigenvalue weighted by atomic mass is 16.5. The highest BCUT2D eigenvalue weighted by Crippen LogP contribution is 2.13. The van der Waals surface area contributed by atoms with E-state index in [4.69, 9.17) is 9.47 Å². The lowest BCUT2D eigenvalue weighted by molar-refractivity contribution is 0.195. The molecule has 0 radical (unpaired) electrons. The van der Waals surface area contributed by atoms with Gasteiger partial charge in [-0.15, -0.1) is 10.2 Å². The van der Waals surface area contributed by atoms with Crippen molar-refractivity contribution in [3.05, 3.63) is 42.0 Å². The molecule has 8 heteroatoms. The van der Waals surface area contributed by atoms with Gasteiger partial charge in [-0.1, -0.05) is 19.1 Å². The fourth-order valence-corrected chi connectivity index (χ4v) is 2.57. The van der Waals surface area contributed by atoms with Crippen LogP contribution in [0.4, 0.5) is 0 Å². The Morgan fingerprint density at radius 1 is 1.22 bits per heavy atom. The van der Waals surface area contributed by atoms with Crippen molar-refractivity contribution in [2.45, 2.75) is 32.9 Å². The van der Waals surface area contributed by atoms with Gasteiger partial charge in [0.05, 0.1) is 13.7 Å². The smallest absolute Gasteiger partial charge is 0.191 e. The van der Waals surface area contributed by atoms with Crippen molar-refractivity contribution in [2.75, 3.05) is 33.9 Å². The molecule has 0 fully saturated rings. The maximum atomic E-state index is 5.27. The monoisotopic (exact) mass is 374 g/mol. The molecule has 1 aromatic carbocycles. The van der Waals surface area contributed by atoms with Crippen LogP contribution in [0, 0.1) is 0 Å². The standard InChI is InChI=1S/C19H30N6O2/c1-4-18-24-23-15-25(18)11-10-21-19(20-9-6-12-26-2)22-14-16-7-5-8-17(13-16)27-3/h5,7-8,13,15H,4,6,9-12,14H2,1-3H3,(H2,20,21,22). The minimum Gasteiger partial charge on any atom is -0.497 e. The Balaban J connectivity index is 1.92. The second-order valence-corrected chi connectivity index (χ2v) is 6.01. The van der Waals surface area contributed by atoms with Crippen LogP contribution in [-0.4, -0.2) is 54.6 Å². The number of aliphatic imine (C=N–C) groups is 1. The quantitative estimate of drug-likeness (QED) is 0.353. The van der Waals surface area contributed by atoms with E-state index in [1.807, 2.05) is 24.3 Å². The molecule has 0 saturated heterocycles. The number of benzene rings is 1. The molecule has 0 spiro atoms. The van der Waals surface area contributed by atoms with Crippen LogP contribution in [0.2, 0.25) is 0 Å². The van der Waals surface area contributed by atoms with Crippen LogP contribution in [0.25, 0.3) is 0 Å². The first-order chi connectivity index (χ1) is 13.3. The number of rotatable bonds is 11. The molecule has 0 aliphatic rings. The average molecular weight is 374 g/mol. The van der Waals surface area contributed by atoms with Crippen LogP contribution in [-0.2, 0) is 24.2 Å². The van der Waals surface area contributed by atoms with Crippen molar-refractivity contribution >= 4 is 5.96 Å². The number of aromatic nitrogens is 3. The Morgan fingerprint density at radius 2 is 2.07 bits per heavy atom. The number of nitrogens with one attached hydrogen (secondary N) is 2. The summed E-state index contributed by atoms with van der Waals surface area (Å²) in [6.45, 7) is 5.69. The highest BCUT2D eigenvalue weighted by molar-refractivity contribution is 5.79. The lowest BCUT2D eigenvalue weighted by atomic mass is 10.2. The molecule has 0 bridgehead atoms. The molecule has 148 valence electrons. The first kappa shape index (κ1) is 20.7. The molecule has 2 N–H and O–H groups in total. The zero-order chi connectivity index (χ0) is 19.3. The van der Waals surface area contributed by atoms with Gasteiger partial charge in [-0.2, -0.15) is 0 Å². The fourth-order valence-electron chi connectivity index (χ4n) is 2.57. The van der Waals surface area contributed by atoms with Crippen molar-refractivity contribution in [1.29, 1.82) is 0 Å². The van der Waals surface area contributed by atoms with Gasteiger partial charge < -0.3 is 24.7 Å². The van der Waals surface area contributed by atoms with Gasteiger partial charge in [0.2, 0.25) is 0 Å². The third-order valence-electron chi connectivity index (χ3n) is 4.03. The van der Waals surface area contributed by atoms with Crippen LogP contribution >= 0.6 is 0 Å². The van der Waals surface area contributed by atoms with E-state index in [1.54, 1.807) is 20.5 Å². The third-order valence-corrected chi connectivity index (χ3v) is 4.03. The Morgan fingerprint density at radius 3 is 2.85 bits per heavy atom. The minimum absolute atomic E-state index is 0.573. The number of methoxy groups -OCH3 is 2. The van der Waals surface area contributed by atoms with Gasteiger partial charge >= 0.3 is 0 Å². The van der Waals surface area contributed by atoms with E-state index in [-0.39, 0.29) is 0 Å². The van der Waals surface area contributed by atoms with Crippen LogP contribution < -0.4 is 15.4 Å². The first-order valence-electron chi connectivity index (χ1n) is 9.27. The Kier molecular flexibility index (Phi) is 9.12. The molecular formula is C19H30N6O2. The number of hydrogen-bond acceptors (Lipinski definition) is 5. The molecule has 2 aromatic rings. The van der Waals surface area contributed by atoms with E-state index in [0.29, 0.717) is 6.54 Å². The molecule has 27 heavy (non-hydrogen) atoms. The second kappa shape index (κ2) is 11.9. The van der Waals surface area contributed by atoms with Gasteiger partial charge in [0.1, 0.15) is 17.9 Å². The van der Waals surface area contributed by atoms with Crippen LogP contribution in [0.1, 0.15) is 24.7 Å². The summed E-state index contributed by atoms with van der Waals surface area (Å²) in [7, 11) is 3.38. The van der Waals surface area contributed by atoms with Gasteiger partial charge in [-0.05, 0) is 24.1 Å². The summed E-state index contributed by atoms with van der Waals surface area (Å²) < 4.78 is 12.4. The van der Waals surface area contributed by atoms with Gasteiger partial charge in [0, 0.05) is 39.8 Å². The first-order valence-corrected chi connectivity index (χ1v) is 9.27. The Labute approximate surface area is 161 Å². The molecule has 2 rings (SSSR count). The van der Waals surface area contributed by atoms with Gasteiger partial charge in [-0.25, -0.2) is 4.99 Å². The van der Waals surface area contributed by atoms with E-state index >= 15 is 0 Å². The maximum Gasteiger partial charge on any atom is 0.191 e. The van der Waals surface area contributed by atoms with Crippen LogP contribution in [0.5, 0.6) is 5.75 Å². The Bertz CT molecular complexity index is 701. The summed E-state index contributed by atoms with van der Waals surface area (Å²) in [5.74, 6) is 2.60. The molecule has 0 aliphatic carbocycles. The van der Waals surface area contributed by atoms with Gasteiger partial charge in [0.15, 0.2) is 5.96 Å². The summed E-state index contributed by atoms with van der Waals surface area (Å²) in [6, 6.07) is 7.94. The number of hydrogen-bond donors (Lipinski definition) is 2. The number of aryl methyl sites for hydroxylation is 1. The molecule has 0 aliphatic heterocycles. The Hall–Kier alpha value is -2.61. The molecule has 0 amide bonds. The lowest BCUT2D eigenvalue weighted by Crippen LogP contribution is -2.39.